The lowest BCUT2D eigenvalue weighted by Gasteiger charge is -2.26. The summed E-state index contributed by atoms with van der Waals surface area (Å²) in [6.45, 7) is 2.41. The van der Waals surface area contributed by atoms with Crippen molar-refractivity contribution in [2.75, 3.05) is 7.05 Å². The van der Waals surface area contributed by atoms with Crippen LogP contribution in [0.25, 0.3) is 0 Å². The summed E-state index contributed by atoms with van der Waals surface area (Å²) in [7, 11) is 2.11. The van der Waals surface area contributed by atoms with Crippen LogP contribution < -0.4 is 5.32 Å². The van der Waals surface area contributed by atoms with E-state index < -0.39 is 0 Å². The van der Waals surface area contributed by atoms with Gasteiger partial charge in [0.2, 0.25) is 0 Å². The average molecular weight is 271 g/mol. The maximum atomic E-state index is 3.54. The summed E-state index contributed by atoms with van der Waals surface area (Å²) in [5.74, 6) is 2.54. The van der Waals surface area contributed by atoms with E-state index in [9.17, 15) is 0 Å². The number of nitrogens with one attached hydrogen (secondary N) is 1. The van der Waals surface area contributed by atoms with Crippen molar-refractivity contribution in [3.8, 4) is 0 Å². The van der Waals surface area contributed by atoms with Crippen LogP contribution in [0.2, 0.25) is 0 Å². The molecule has 1 aromatic carbocycles. The first kappa shape index (κ1) is 14.1. The topological polar surface area (TPSA) is 12.0 Å². The van der Waals surface area contributed by atoms with E-state index in [4.69, 9.17) is 0 Å². The molecule has 0 aliphatic heterocycles. The summed E-state index contributed by atoms with van der Waals surface area (Å²) >= 11 is 0. The van der Waals surface area contributed by atoms with Gasteiger partial charge in [0.05, 0.1) is 0 Å². The van der Waals surface area contributed by atoms with Crippen LogP contribution in [-0.4, -0.2) is 7.05 Å². The number of benzene rings is 1. The highest BCUT2D eigenvalue weighted by atomic mass is 14.9. The summed E-state index contributed by atoms with van der Waals surface area (Å²) in [6, 6.07) is 10.1. The number of hydrogen-bond acceptors (Lipinski definition) is 1. The lowest BCUT2D eigenvalue weighted by molar-refractivity contribution is 0.369. The van der Waals surface area contributed by atoms with Crippen molar-refractivity contribution in [2.24, 2.45) is 11.8 Å². The second kappa shape index (κ2) is 6.30. The van der Waals surface area contributed by atoms with Crippen molar-refractivity contribution in [1.82, 2.24) is 5.32 Å². The molecule has 1 N–H and O–H groups in total. The summed E-state index contributed by atoms with van der Waals surface area (Å²) in [6.07, 6.45) is 9.93. The first-order chi connectivity index (χ1) is 9.79. The predicted molar refractivity (Wildman–Crippen MR) is 86.0 cm³/mol. The van der Waals surface area contributed by atoms with E-state index in [1.807, 2.05) is 0 Å². The zero-order chi connectivity index (χ0) is 13.9. The molecular formula is C19H29N. The van der Waals surface area contributed by atoms with Crippen molar-refractivity contribution in [3.63, 3.8) is 0 Å². The summed E-state index contributed by atoms with van der Waals surface area (Å²) in [5, 5.41) is 3.54. The number of hydrogen-bond donors (Lipinski definition) is 1. The maximum absolute atomic E-state index is 3.54. The number of rotatable bonds is 5. The van der Waals surface area contributed by atoms with Gasteiger partial charge < -0.3 is 5.32 Å². The molecule has 20 heavy (non-hydrogen) atoms. The van der Waals surface area contributed by atoms with Crippen LogP contribution >= 0.6 is 0 Å². The molecule has 2 atom stereocenters. The normalized spacial score (nSPS) is 23.5. The Labute approximate surface area is 124 Å². The smallest absolute Gasteiger partial charge is 0.0346 e. The Bertz CT molecular complexity index is 412. The highest BCUT2D eigenvalue weighted by molar-refractivity contribution is 5.28. The molecule has 2 unspecified atom stereocenters. The van der Waals surface area contributed by atoms with Gasteiger partial charge in [-0.25, -0.2) is 0 Å². The van der Waals surface area contributed by atoms with Crippen LogP contribution in [0, 0.1) is 11.8 Å². The second-order valence-corrected chi connectivity index (χ2v) is 6.96. The van der Waals surface area contributed by atoms with Gasteiger partial charge in [0.1, 0.15) is 0 Å². The minimum Gasteiger partial charge on any atom is -0.313 e. The van der Waals surface area contributed by atoms with Gasteiger partial charge >= 0.3 is 0 Å². The van der Waals surface area contributed by atoms with E-state index >= 15 is 0 Å². The fraction of sp³-hybridized carbons (Fsp3) is 0.684. The molecule has 0 radical (unpaired) electrons. The molecule has 1 nitrogen and oxygen atoms in total. The van der Waals surface area contributed by atoms with Gasteiger partial charge in [-0.05, 0) is 61.6 Å². The first-order valence-corrected chi connectivity index (χ1v) is 8.56. The predicted octanol–water partition coefficient (Wildman–Crippen LogP) is 5.04. The molecule has 2 fully saturated rings. The molecule has 2 aliphatic carbocycles. The molecule has 0 heterocycles. The Kier molecular flexibility index (Phi) is 4.45. The molecule has 110 valence electrons. The molecule has 0 aromatic heterocycles. The Morgan fingerprint density at radius 1 is 0.950 bits per heavy atom. The van der Waals surface area contributed by atoms with E-state index in [-0.39, 0.29) is 0 Å². The van der Waals surface area contributed by atoms with Crippen LogP contribution in [0.4, 0.5) is 0 Å². The van der Waals surface area contributed by atoms with Crippen molar-refractivity contribution >= 4 is 0 Å². The minimum atomic E-state index is 0.530. The monoisotopic (exact) mass is 271 g/mol. The molecule has 3 rings (SSSR count). The standard InChI is InChI=1S/C19H29N/c1-14(15-8-9-15)19(20-2)18-12-10-17(11-13-18)16-6-4-3-5-7-16/h10-16,19-20H,3-9H2,1-2H3. The Hall–Kier alpha value is -0.820. The molecule has 0 spiro atoms. The third-order valence-electron chi connectivity index (χ3n) is 5.57. The van der Waals surface area contributed by atoms with Gasteiger partial charge in [-0.2, -0.15) is 0 Å². The molecule has 0 bridgehead atoms. The van der Waals surface area contributed by atoms with Crippen molar-refractivity contribution in [2.45, 2.75) is 63.8 Å². The third-order valence-corrected chi connectivity index (χ3v) is 5.57. The molecule has 0 amide bonds. The third kappa shape index (κ3) is 3.09. The van der Waals surface area contributed by atoms with Gasteiger partial charge in [0.25, 0.3) is 0 Å². The average Bonchev–Trinajstić information content (AvgIpc) is 3.34. The lowest BCUT2D eigenvalue weighted by Crippen LogP contribution is -2.24. The van der Waals surface area contributed by atoms with Crippen LogP contribution in [0.5, 0.6) is 0 Å². The summed E-state index contributed by atoms with van der Waals surface area (Å²) < 4.78 is 0. The van der Waals surface area contributed by atoms with E-state index in [1.165, 1.54) is 50.5 Å². The molecule has 0 saturated heterocycles. The molecular weight excluding hydrogens is 242 g/mol. The van der Waals surface area contributed by atoms with Crippen LogP contribution in [0.3, 0.4) is 0 Å². The maximum Gasteiger partial charge on any atom is 0.0346 e. The highest BCUT2D eigenvalue weighted by Crippen LogP contribution is 2.42. The van der Waals surface area contributed by atoms with E-state index in [1.54, 1.807) is 5.56 Å². The van der Waals surface area contributed by atoms with Gasteiger partial charge in [-0.3, -0.25) is 0 Å². The quantitative estimate of drug-likeness (QED) is 0.791. The van der Waals surface area contributed by atoms with Gasteiger partial charge in [0, 0.05) is 6.04 Å². The molecule has 2 aliphatic rings. The fourth-order valence-electron chi connectivity index (χ4n) is 4.04. The zero-order valence-electron chi connectivity index (χ0n) is 13.1. The van der Waals surface area contributed by atoms with E-state index in [0.29, 0.717) is 6.04 Å². The van der Waals surface area contributed by atoms with Gasteiger partial charge in [-0.15, -0.1) is 0 Å². The van der Waals surface area contributed by atoms with Crippen LogP contribution in [0.1, 0.15) is 75.0 Å². The van der Waals surface area contributed by atoms with E-state index in [0.717, 1.165) is 17.8 Å². The Balaban J connectivity index is 1.70. The second-order valence-electron chi connectivity index (χ2n) is 6.96. The van der Waals surface area contributed by atoms with Crippen molar-refractivity contribution < 1.29 is 0 Å². The largest absolute Gasteiger partial charge is 0.313 e. The molecule has 1 aromatic rings. The zero-order valence-corrected chi connectivity index (χ0v) is 13.1. The van der Waals surface area contributed by atoms with Gasteiger partial charge in [-0.1, -0.05) is 50.5 Å². The fourth-order valence-corrected chi connectivity index (χ4v) is 4.04. The van der Waals surface area contributed by atoms with Crippen LogP contribution in [-0.2, 0) is 0 Å². The summed E-state index contributed by atoms with van der Waals surface area (Å²) in [4.78, 5) is 0. The highest BCUT2D eigenvalue weighted by Gasteiger charge is 2.33. The lowest BCUT2D eigenvalue weighted by atomic mass is 9.83. The van der Waals surface area contributed by atoms with E-state index in [2.05, 4.69) is 43.6 Å². The first-order valence-electron chi connectivity index (χ1n) is 8.56. The van der Waals surface area contributed by atoms with Crippen molar-refractivity contribution in [3.05, 3.63) is 35.4 Å². The molecule has 1 heteroatoms. The summed E-state index contributed by atoms with van der Waals surface area (Å²) in [5.41, 5.74) is 3.05. The van der Waals surface area contributed by atoms with Crippen LogP contribution in [0.15, 0.2) is 24.3 Å². The van der Waals surface area contributed by atoms with Crippen molar-refractivity contribution in [1.29, 1.82) is 0 Å². The minimum absolute atomic E-state index is 0.530. The Morgan fingerprint density at radius 2 is 1.60 bits per heavy atom. The molecule has 2 saturated carbocycles. The SMILES string of the molecule is CNC(c1ccc(C2CCCCC2)cc1)C(C)C1CC1. The van der Waals surface area contributed by atoms with Gasteiger partial charge in [0.15, 0.2) is 0 Å². The Morgan fingerprint density at radius 3 is 2.15 bits per heavy atom.